The first-order valence-corrected chi connectivity index (χ1v) is 8.78. The number of hydrogen-bond acceptors (Lipinski definition) is 3. The maximum absolute atomic E-state index is 11.9. The fourth-order valence-electron chi connectivity index (χ4n) is 1.97. The lowest BCUT2D eigenvalue weighted by Gasteiger charge is -2.07. The number of carbonyl (C=O) groups excluding carboxylic acids is 1. The van der Waals surface area contributed by atoms with E-state index in [1.165, 1.54) is 25.0 Å². The third kappa shape index (κ3) is 6.85. The molecular formula is C16H26N2OS. The number of anilines is 1. The van der Waals surface area contributed by atoms with Crippen LogP contribution in [0.15, 0.2) is 24.3 Å². The van der Waals surface area contributed by atoms with E-state index in [1.807, 2.05) is 36.0 Å². The molecule has 0 unspecified atom stereocenters. The lowest BCUT2D eigenvalue weighted by molar-refractivity contribution is 0.0953. The summed E-state index contributed by atoms with van der Waals surface area (Å²) in [7, 11) is 0. The Labute approximate surface area is 126 Å². The molecule has 0 saturated heterocycles. The van der Waals surface area contributed by atoms with Gasteiger partial charge in [-0.3, -0.25) is 4.79 Å². The first-order chi connectivity index (χ1) is 9.77. The van der Waals surface area contributed by atoms with Crippen LogP contribution in [0.1, 0.15) is 43.0 Å². The van der Waals surface area contributed by atoms with Crippen LogP contribution < -0.4 is 10.6 Å². The van der Waals surface area contributed by atoms with Crippen LogP contribution in [0.5, 0.6) is 0 Å². The van der Waals surface area contributed by atoms with Crippen molar-refractivity contribution in [1.82, 2.24) is 5.32 Å². The van der Waals surface area contributed by atoms with E-state index in [2.05, 4.69) is 23.8 Å². The van der Waals surface area contributed by atoms with Crippen molar-refractivity contribution in [2.45, 2.75) is 32.6 Å². The molecule has 0 atom stereocenters. The molecule has 0 aliphatic carbocycles. The Kier molecular flexibility index (Phi) is 8.96. The summed E-state index contributed by atoms with van der Waals surface area (Å²) in [5.74, 6) is 1.27. The molecule has 20 heavy (non-hydrogen) atoms. The van der Waals surface area contributed by atoms with Crippen molar-refractivity contribution in [2.24, 2.45) is 0 Å². The molecule has 112 valence electrons. The molecule has 0 aliphatic heterocycles. The SMILES string of the molecule is CCNc1ccc(C(=O)NCCCCCCSC)cc1. The second kappa shape index (κ2) is 10.6. The van der Waals surface area contributed by atoms with Crippen molar-refractivity contribution in [1.29, 1.82) is 0 Å². The van der Waals surface area contributed by atoms with Crippen molar-refractivity contribution >= 4 is 23.4 Å². The predicted molar refractivity (Wildman–Crippen MR) is 89.8 cm³/mol. The maximum Gasteiger partial charge on any atom is 0.251 e. The smallest absolute Gasteiger partial charge is 0.251 e. The van der Waals surface area contributed by atoms with Crippen molar-refractivity contribution in [3.05, 3.63) is 29.8 Å². The second-order valence-electron chi connectivity index (χ2n) is 4.77. The van der Waals surface area contributed by atoms with Gasteiger partial charge in [0.05, 0.1) is 0 Å². The molecule has 0 saturated carbocycles. The monoisotopic (exact) mass is 294 g/mol. The average Bonchev–Trinajstić information content (AvgIpc) is 2.47. The van der Waals surface area contributed by atoms with Crippen LogP contribution in [0.3, 0.4) is 0 Å². The highest BCUT2D eigenvalue weighted by Crippen LogP contribution is 2.09. The third-order valence-electron chi connectivity index (χ3n) is 3.09. The summed E-state index contributed by atoms with van der Waals surface area (Å²) in [5.41, 5.74) is 1.78. The van der Waals surface area contributed by atoms with Crippen LogP contribution in [-0.4, -0.2) is 31.0 Å². The van der Waals surface area contributed by atoms with Gasteiger partial charge in [0.25, 0.3) is 5.91 Å². The molecule has 0 radical (unpaired) electrons. The molecule has 1 aromatic carbocycles. The standard InChI is InChI=1S/C16H26N2OS/c1-3-17-15-10-8-14(9-11-15)16(19)18-12-6-4-5-7-13-20-2/h8-11,17H,3-7,12-13H2,1-2H3,(H,18,19). The lowest BCUT2D eigenvalue weighted by Crippen LogP contribution is -2.24. The molecule has 0 aliphatic rings. The fourth-order valence-corrected chi connectivity index (χ4v) is 2.47. The van der Waals surface area contributed by atoms with Gasteiger partial charge in [-0.1, -0.05) is 12.8 Å². The maximum atomic E-state index is 11.9. The van der Waals surface area contributed by atoms with E-state index in [0.717, 1.165) is 30.8 Å². The fraction of sp³-hybridized carbons (Fsp3) is 0.562. The summed E-state index contributed by atoms with van der Waals surface area (Å²) in [6, 6.07) is 7.62. The molecule has 1 rings (SSSR count). The van der Waals surface area contributed by atoms with Crippen molar-refractivity contribution in [2.75, 3.05) is 30.4 Å². The molecule has 1 amide bonds. The predicted octanol–water partition coefficient (Wildman–Crippen LogP) is 3.77. The number of nitrogens with one attached hydrogen (secondary N) is 2. The molecular weight excluding hydrogens is 268 g/mol. The number of rotatable bonds is 10. The third-order valence-corrected chi connectivity index (χ3v) is 3.79. The van der Waals surface area contributed by atoms with E-state index in [0.29, 0.717) is 0 Å². The van der Waals surface area contributed by atoms with Gasteiger partial charge in [-0.05, 0) is 56.0 Å². The number of amides is 1. The molecule has 0 fully saturated rings. The second-order valence-corrected chi connectivity index (χ2v) is 5.76. The molecule has 3 nitrogen and oxygen atoms in total. The minimum atomic E-state index is 0.0252. The summed E-state index contributed by atoms with van der Waals surface area (Å²) in [6.45, 7) is 3.72. The van der Waals surface area contributed by atoms with E-state index in [1.54, 1.807) is 0 Å². The Bertz CT molecular complexity index is 379. The summed E-state index contributed by atoms with van der Waals surface area (Å²) < 4.78 is 0. The molecule has 4 heteroatoms. The Balaban J connectivity index is 2.18. The van der Waals surface area contributed by atoms with Crippen LogP contribution in [-0.2, 0) is 0 Å². The van der Waals surface area contributed by atoms with Gasteiger partial charge in [-0.25, -0.2) is 0 Å². The van der Waals surface area contributed by atoms with Crippen molar-refractivity contribution in [3.63, 3.8) is 0 Å². The zero-order valence-electron chi connectivity index (χ0n) is 12.6. The Morgan fingerprint density at radius 1 is 1.10 bits per heavy atom. The molecule has 0 heterocycles. The molecule has 0 bridgehead atoms. The van der Waals surface area contributed by atoms with Crippen LogP contribution in [0, 0.1) is 0 Å². The van der Waals surface area contributed by atoms with E-state index < -0.39 is 0 Å². The van der Waals surface area contributed by atoms with Crippen molar-refractivity contribution in [3.8, 4) is 0 Å². The normalized spacial score (nSPS) is 10.3. The van der Waals surface area contributed by atoms with Crippen LogP contribution in [0.2, 0.25) is 0 Å². The highest BCUT2D eigenvalue weighted by atomic mass is 32.2. The first kappa shape index (κ1) is 16.9. The highest BCUT2D eigenvalue weighted by Gasteiger charge is 2.04. The number of hydrogen-bond donors (Lipinski definition) is 2. The van der Waals surface area contributed by atoms with Gasteiger partial charge < -0.3 is 10.6 Å². The van der Waals surface area contributed by atoms with Gasteiger partial charge in [-0.15, -0.1) is 0 Å². The van der Waals surface area contributed by atoms with Gasteiger partial charge in [0, 0.05) is 24.3 Å². The van der Waals surface area contributed by atoms with E-state index in [4.69, 9.17) is 0 Å². The average molecular weight is 294 g/mol. The molecule has 2 N–H and O–H groups in total. The Morgan fingerprint density at radius 3 is 2.45 bits per heavy atom. The number of benzene rings is 1. The summed E-state index contributed by atoms with van der Waals surface area (Å²) in [4.78, 5) is 11.9. The zero-order chi connectivity index (χ0) is 14.6. The minimum Gasteiger partial charge on any atom is -0.385 e. The number of unbranched alkanes of at least 4 members (excludes halogenated alkanes) is 3. The quantitative estimate of drug-likeness (QED) is 0.645. The highest BCUT2D eigenvalue weighted by molar-refractivity contribution is 7.98. The summed E-state index contributed by atoms with van der Waals surface area (Å²) >= 11 is 1.90. The summed E-state index contributed by atoms with van der Waals surface area (Å²) in [5, 5.41) is 6.19. The molecule has 0 spiro atoms. The van der Waals surface area contributed by atoms with Gasteiger partial charge in [0.2, 0.25) is 0 Å². The van der Waals surface area contributed by atoms with Gasteiger partial charge in [0.15, 0.2) is 0 Å². The van der Waals surface area contributed by atoms with Crippen LogP contribution in [0.25, 0.3) is 0 Å². The van der Waals surface area contributed by atoms with Crippen molar-refractivity contribution < 1.29 is 4.79 Å². The topological polar surface area (TPSA) is 41.1 Å². The van der Waals surface area contributed by atoms with Gasteiger partial charge in [0.1, 0.15) is 0 Å². The molecule has 1 aromatic rings. The number of carbonyl (C=O) groups is 1. The zero-order valence-corrected chi connectivity index (χ0v) is 13.4. The van der Waals surface area contributed by atoms with E-state index in [-0.39, 0.29) is 5.91 Å². The Hall–Kier alpha value is -1.16. The van der Waals surface area contributed by atoms with E-state index in [9.17, 15) is 4.79 Å². The van der Waals surface area contributed by atoms with Gasteiger partial charge in [-0.2, -0.15) is 11.8 Å². The Morgan fingerprint density at radius 2 is 1.80 bits per heavy atom. The van der Waals surface area contributed by atoms with Crippen LogP contribution >= 0.6 is 11.8 Å². The van der Waals surface area contributed by atoms with Crippen LogP contribution in [0.4, 0.5) is 5.69 Å². The first-order valence-electron chi connectivity index (χ1n) is 7.39. The van der Waals surface area contributed by atoms with Gasteiger partial charge >= 0.3 is 0 Å². The lowest BCUT2D eigenvalue weighted by atomic mass is 10.1. The molecule has 0 aromatic heterocycles. The largest absolute Gasteiger partial charge is 0.385 e. The number of thioether (sulfide) groups is 1. The summed E-state index contributed by atoms with van der Waals surface area (Å²) in [6.07, 6.45) is 6.94. The minimum absolute atomic E-state index is 0.0252. The van der Waals surface area contributed by atoms with E-state index >= 15 is 0 Å².